The van der Waals surface area contributed by atoms with Crippen molar-refractivity contribution in [3.63, 3.8) is 0 Å². The Bertz CT molecular complexity index is 1330. The zero-order valence-electron chi connectivity index (χ0n) is 18.4. The fraction of sp³-hybridized carbons (Fsp3) is 0.261. The monoisotopic (exact) mass is 516 g/mol. The maximum absolute atomic E-state index is 13.1. The second-order valence-corrected chi connectivity index (χ2v) is 7.77. The summed E-state index contributed by atoms with van der Waals surface area (Å²) in [5, 5.41) is 2.60. The molecule has 0 aliphatic heterocycles. The van der Waals surface area contributed by atoms with Gasteiger partial charge in [0.1, 0.15) is 17.4 Å². The SMILES string of the molecule is COc1ccc2c(C[C@@H](NC(=O)Cc3cc(C(F)(F)F)cc(C(F)(F)F)c3)C(N)=O)cc(=O)oc2c1. The summed E-state index contributed by atoms with van der Waals surface area (Å²) in [4.78, 5) is 36.4. The number of halogens is 6. The predicted octanol–water partition coefficient (Wildman–Crippen LogP) is 3.59. The Hall–Kier alpha value is -4.03. The highest BCUT2D eigenvalue weighted by molar-refractivity contribution is 5.89. The van der Waals surface area contributed by atoms with Crippen molar-refractivity contribution in [2.45, 2.75) is 31.2 Å². The van der Waals surface area contributed by atoms with Crippen molar-refractivity contribution >= 4 is 22.8 Å². The van der Waals surface area contributed by atoms with Crippen LogP contribution in [-0.4, -0.2) is 25.0 Å². The molecular weight excluding hydrogens is 498 g/mol. The number of alkyl halides is 6. The lowest BCUT2D eigenvalue weighted by Gasteiger charge is -2.18. The van der Waals surface area contributed by atoms with E-state index in [9.17, 15) is 40.7 Å². The van der Waals surface area contributed by atoms with Gasteiger partial charge in [0, 0.05) is 23.9 Å². The third kappa shape index (κ3) is 6.34. The highest BCUT2D eigenvalue weighted by atomic mass is 19.4. The maximum Gasteiger partial charge on any atom is 0.416 e. The van der Waals surface area contributed by atoms with E-state index in [1.165, 1.54) is 19.2 Å². The van der Waals surface area contributed by atoms with E-state index in [1.54, 1.807) is 6.07 Å². The van der Waals surface area contributed by atoms with Crippen LogP contribution in [0.5, 0.6) is 5.75 Å². The lowest BCUT2D eigenvalue weighted by atomic mass is 10.0. The molecule has 1 atom stereocenters. The summed E-state index contributed by atoms with van der Waals surface area (Å²) in [5.74, 6) is -1.72. The van der Waals surface area contributed by atoms with E-state index in [2.05, 4.69) is 5.32 Å². The molecule has 1 aromatic heterocycles. The van der Waals surface area contributed by atoms with Gasteiger partial charge >= 0.3 is 18.0 Å². The molecule has 0 aliphatic carbocycles. The molecule has 0 saturated heterocycles. The number of benzene rings is 2. The van der Waals surface area contributed by atoms with Gasteiger partial charge in [-0.15, -0.1) is 0 Å². The van der Waals surface area contributed by atoms with Crippen LogP contribution in [0.15, 0.2) is 51.7 Å². The molecule has 3 rings (SSSR count). The van der Waals surface area contributed by atoms with Crippen molar-refractivity contribution in [2.75, 3.05) is 7.11 Å². The molecule has 0 spiro atoms. The minimum Gasteiger partial charge on any atom is -0.497 e. The van der Waals surface area contributed by atoms with E-state index in [1.807, 2.05) is 0 Å². The number of hydrogen-bond acceptors (Lipinski definition) is 5. The van der Waals surface area contributed by atoms with Crippen molar-refractivity contribution in [1.82, 2.24) is 5.32 Å². The number of primary amides is 1. The van der Waals surface area contributed by atoms with Crippen LogP contribution < -0.4 is 21.4 Å². The van der Waals surface area contributed by atoms with E-state index >= 15 is 0 Å². The van der Waals surface area contributed by atoms with Gasteiger partial charge in [0.25, 0.3) is 0 Å². The van der Waals surface area contributed by atoms with Crippen molar-refractivity contribution in [3.05, 3.63) is 75.1 Å². The van der Waals surface area contributed by atoms with Crippen LogP contribution >= 0.6 is 0 Å². The fourth-order valence-corrected chi connectivity index (χ4v) is 3.50. The molecule has 13 heteroatoms. The summed E-state index contributed by atoms with van der Waals surface area (Å²) in [6.45, 7) is 0. The van der Waals surface area contributed by atoms with E-state index in [0.717, 1.165) is 6.07 Å². The van der Waals surface area contributed by atoms with Gasteiger partial charge in [0.2, 0.25) is 11.8 Å². The topological polar surface area (TPSA) is 112 Å². The van der Waals surface area contributed by atoms with E-state index in [-0.39, 0.29) is 23.6 Å². The van der Waals surface area contributed by atoms with Crippen LogP contribution in [0, 0.1) is 0 Å². The Morgan fingerprint density at radius 1 is 1.00 bits per heavy atom. The molecule has 0 fully saturated rings. The third-order valence-electron chi connectivity index (χ3n) is 5.15. The van der Waals surface area contributed by atoms with Crippen molar-refractivity contribution in [3.8, 4) is 5.75 Å². The Labute approximate surface area is 198 Å². The van der Waals surface area contributed by atoms with Crippen LogP contribution in [0.25, 0.3) is 11.0 Å². The summed E-state index contributed by atoms with van der Waals surface area (Å²) < 4.78 is 88.6. The predicted molar refractivity (Wildman–Crippen MR) is 114 cm³/mol. The van der Waals surface area contributed by atoms with Crippen LogP contribution in [-0.2, 0) is 34.8 Å². The molecule has 3 N–H and O–H groups in total. The standard InChI is InChI=1S/C23H18F6N2O5/c1-35-15-2-3-16-12(8-20(33)36-18(16)10-15)7-17(21(30)34)31-19(32)6-11-4-13(22(24,25)26)9-14(5-11)23(27,28)29/h2-5,8-10,17H,6-7H2,1H3,(H2,30,34)(H,31,32)/t17-/m1/s1. The zero-order chi connectivity index (χ0) is 26.8. The quantitative estimate of drug-likeness (QED) is 0.368. The average Bonchev–Trinajstić information content (AvgIpc) is 2.76. The molecule has 0 aliphatic rings. The summed E-state index contributed by atoms with van der Waals surface area (Å²) in [7, 11) is 1.39. The van der Waals surface area contributed by atoms with Crippen LogP contribution in [0.3, 0.4) is 0 Å². The number of fused-ring (bicyclic) bond motifs is 1. The molecule has 0 unspecified atom stereocenters. The highest BCUT2D eigenvalue weighted by Crippen LogP contribution is 2.36. The minimum absolute atomic E-state index is 0.0608. The number of amides is 2. The summed E-state index contributed by atoms with van der Waals surface area (Å²) in [6, 6.07) is 4.91. The van der Waals surface area contributed by atoms with Crippen molar-refractivity contribution in [1.29, 1.82) is 0 Å². The third-order valence-corrected chi connectivity index (χ3v) is 5.15. The molecular formula is C23H18F6N2O5. The van der Waals surface area contributed by atoms with Crippen molar-refractivity contribution in [2.24, 2.45) is 5.73 Å². The second-order valence-electron chi connectivity index (χ2n) is 7.77. The fourth-order valence-electron chi connectivity index (χ4n) is 3.50. The maximum atomic E-state index is 13.1. The molecule has 0 radical (unpaired) electrons. The smallest absolute Gasteiger partial charge is 0.416 e. The van der Waals surface area contributed by atoms with Gasteiger partial charge in [0.05, 0.1) is 24.7 Å². The first-order chi connectivity index (χ1) is 16.7. The second kappa shape index (κ2) is 9.91. The largest absolute Gasteiger partial charge is 0.497 e. The molecule has 2 aromatic carbocycles. The number of ether oxygens (including phenoxy) is 1. The summed E-state index contributed by atoms with van der Waals surface area (Å²) >= 11 is 0. The number of rotatable bonds is 7. The normalized spacial score (nSPS) is 12.9. The lowest BCUT2D eigenvalue weighted by molar-refractivity contribution is -0.143. The first-order valence-electron chi connectivity index (χ1n) is 10.1. The molecule has 0 bridgehead atoms. The zero-order valence-corrected chi connectivity index (χ0v) is 18.4. The Balaban J connectivity index is 1.87. The summed E-state index contributed by atoms with van der Waals surface area (Å²) in [5.41, 5.74) is 1.21. The Morgan fingerprint density at radius 2 is 1.61 bits per heavy atom. The van der Waals surface area contributed by atoms with Crippen LogP contribution in [0.1, 0.15) is 22.3 Å². The molecule has 7 nitrogen and oxygen atoms in total. The minimum atomic E-state index is -5.08. The van der Waals surface area contributed by atoms with Gasteiger partial charge in [-0.3, -0.25) is 9.59 Å². The number of carbonyl (C=O) groups excluding carboxylic acids is 2. The Morgan fingerprint density at radius 3 is 2.14 bits per heavy atom. The number of methoxy groups -OCH3 is 1. The van der Waals surface area contributed by atoms with E-state index in [4.69, 9.17) is 14.9 Å². The molecule has 1 heterocycles. The van der Waals surface area contributed by atoms with Gasteiger partial charge in [-0.05, 0) is 41.5 Å². The highest BCUT2D eigenvalue weighted by Gasteiger charge is 2.37. The number of hydrogen-bond donors (Lipinski definition) is 2. The molecule has 192 valence electrons. The summed E-state index contributed by atoms with van der Waals surface area (Å²) in [6.07, 6.45) is -11.4. The number of carbonyl (C=O) groups is 2. The van der Waals surface area contributed by atoms with Gasteiger partial charge < -0.3 is 20.2 Å². The molecule has 0 saturated carbocycles. The molecule has 36 heavy (non-hydrogen) atoms. The van der Waals surface area contributed by atoms with Gasteiger partial charge in [-0.1, -0.05) is 0 Å². The number of nitrogens with two attached hydrogens (primary N) is 1. The molecule has 3 aromatic rings. The number of nitrogens with one attached hydrogen (secondary N) is 1. The first-order valence-corrected chi connectivity index (χ1v) is 10.1. The van der Waals surface area contributed by atoms with Gasteiger partial charge in [-0.25, -0.2) is 4.79 Å². The average molecular weight is 516 g/mol. The van der Waals surface area contributed by atoms with Crippen LogP contribution in [0.4, 0.5) is 26.3 Å². The first kappa shape index (κ1) is 26.6. The Kier molecular flexibility index (Phi) is 7.32. The lowest BCUT2D eigenvalue weighted by Crippen LogP contribution is -2.46. The van der Waals surface area contributed by atoms with Gasteiger partial charge in [-0.2, -0.15) is 26.3 Å². The van der Waals surface area contributed by atoms with Crippen LogP contribution in [0.2, 0.25) is 0 Å². The molecule has 2 amide bonds. The van der Waals surface area contributed by atoms with Crippen molar-refractivity contribution < 1.29 is 45.1 Å². The van der Waals surface area contributed by atoms with E-state index < -0.39 is 58.9 Å². The van der Waals surface area contributed by atoms with E-state index in [0.29, 0.717) is 23.3 Å². The van der Waals surface area contributed by atoms with Gasteiger partial charge in [0.15, 0.2) is 0 Å².